The molecule has 0 fully saturated rings. The van der Waals surface area contributed by atoms with Crippen LogP contribution in [0.3, 0.4) is 0 Å². The molecule has 0 saturated carbocycles. The minimum atomic E-state index is 0.00700. The van der Waals surface area contributed by atoms with Gasteiger partial charge < -0.3 is 0 Å². The molecule has 2 unspecified atom stereocenters. The normalized spacial score (nSPS) is 23.4. The van der Waals surface area contributed by atoms with Gasteiger partial charge in [0.1, 0.15) is 4.88 Å². The van der Waals surface area contributed by atoms with Crippen LogP contribution in [0.15, 0.2) is 48.7 Å². The summed E-state index contributed by atoms with van der Waals surface area (Å²) >= 11 is 1.92. The Morgan fingerprint density at radius 1 is 1.07 bits per heavy atom. The predicted molar refractivity (Wildman–Crippen MR) is 119 cm³/mol. The first kappa shape index (κ1) is 17.7. The fourth-order valence-corrected chi connectivity index (χ4v) is 6.81. The number of hydrogen-bond acceptors (Lipinski definition) is 1. The number of benzene rings is 1. The molecule has 28 heavy (non-hydrogen) atoms. The van der Waals surface area contributed by atoms with Crippen molar-refractivity contribution in [2.24, 2.45) is 0 Å². The Bertz CT molecular complexity index is 1200. The second-order valence-electron chi connectivity index (χ2n) is 8.48. The highest BCUT2D eigenvalue weighted by atomic mass is 32.1. The number of thiophene rings is 1. The van der Waals surface area contributed by atoms with Crippen LogP contribution >= 0.6 is 11.3 Å². The van der Waals surface area contributed by atoms with Gasteiger partial charge in [0.05, 0.1) is 10.8 Å². The monoisotopic (exact) mass is 384 g/mol. The van der Waals surface area contributed by atoms with Gasteiger partial charge in [0.15, 0.2) is 11.7 Å². The molecule has 140 valence electrons. The van der Waals surface area contributed by atoms with Gasteiger partial charge in [-0.25, -0.2) is 0 Å². The van der Waals surface area contributed by atoms with Crippen LogP contribution in [0.2, 0.25) is 0 Å². The van der Waals surface area contributed by atoms with E-state index >= 15 is 0 Å². The predicted octanol–water partition coefficient (Wildman–Crippen LogP) is 6.81. The zero-order valence-electron chi connectivity index (χ0n) is 17.1. The van der Waals surface area contributed by atoms with Crippen LogP contribution in [0.5, 0.6) is 0 Å². The van der Waals surface area contributed by atoms with Gasteiger partial charge in [-0.1, -0.05) is 50.6 Å². The Labute approximate surface area is 171 Å². The van der Waals surface area contributed by atoms with Crippen molar-refractivity contribution < 1.29 is 4.57 Å². The molecule has 0 spiro atoms. The van der Waals surface area contributed by atoms with Crippen molar-refractivity contribution in [2.45, 2.75) is 57.9 Å². The van der Waals surface area contributed by atoms with Crippen molar-refractivity contribution in [1.82, 2.24) is 0 Å². The van der Waals surface area contributed by atoms with E-state index < -0.39 is 0 Å². The van der Waals surface area contributed by atoms with Crippen molar-refractivity contribution in [3.8, 4) is 10.6 Å². The molecule has 1 nitrogen and oxygen atoms in total. The lowest BCUT2D eigenvalue weighted by Gasteiger charge is -2.45. The first-order valence-electron chi connectivity index (χ1n) is 10.3. The zero-order chi connectivity index (χ0) is 19.5. The first-order valence-corrected chi connectivity index (χ1v) is 11.2. The molecule has 0 radical (unpaired) electrons. The lowest BCUT2D eigenvalue weighted by molar-refractivity contribution is -0.764. The summed E-state index contributed by atoms with van der Waals surface area (Å²) in [4.78, 5) is 1.42. The zero-order valence-corrected chi connectivity index (χ0v) is 17.9. The van der Waals surface area contributed by atoms with E-state index in [2.05, 4.69) is 87.0 Å². The highest BCUT2D eigenvalue weighted by Crippen LogP contribution is 2.55. The summed E-state index contributed by atoms with van der Waals surface area (Å²) in [6.45, 7) is 9.60. The van der Waals surface area contributed by atoms with Gasteiger partial charge in [-0.2, -0.15) is 4.57 Å². The van der Waals surface area contributed by atoms with Crippen LogP contribution < -0.4 is 4.57 Å². The molecule has 0 saturated heterocycles. The summed E-state index contributed by atoms with van der Waals surface area (Å²) < 4.78 is 3.91. The molecule has 0 aliphatic carbocycles. The lowest BCUT2D eigenvalue weighted by atomic mass is 9.60. The molecule has 0 N–H and O–H groups in total. The Kier molecular flexibility index (Phi) is 3.83. The number of rotatable bonds is 3. The molecule has 2 atom stereocenters. The van der Waals surface area contributed by atoms with Crippen molar-refractivity contribution in [2.75, 3.05) is 0 Å². The minimum absolute atomic E-state index is 0.00700. The molecule has 2 aromatic heterocycles. The van der Waals surface area contributed by atoms with E-state index in [1.54, 1.807) is 0 Å². The Balaban J connectivity index is 2.01. The summed E-state index contributed by atoms with van der Waals surface area (Å²) in [7, 11) is 0. The summed E-state index contributed by atoms with van der Waals surface area (Å²) in [6, 6.07) is 22.0. The topological polar surface area (TPSA) is 3.88 Å². The molecule has 3 heterocycles. The minimum Gasteiger partial charge on any atom is -0.191 e. The average molecular weight is 385 g/mol. The number of nitrogens with zero attached hydrogens (tertiary/aromatic N) is 1. The maximum atomic E-state index is 3.49. The molecule has 2 aromatic carbocycles. The largest absolute Gasteiger partial charge is 0.231 e. The standard InChI is InChI=1S/C26H26NS/c1-5-16-25(3)22-20-13-9-10-14-21(20)28-24(22)23-19-12-8-7-11-18(19)15-17-27(23)26(25,4)6-2/h7-8,10-12,14-15,17H,5-6,16H2,1-4H3/q+1. The van der Waals surface area contributed by atoms with Crippen LogP contribution in [0, 0.1) is 12.1 Å². The SMILES string of the molecule is CCCC1(C)c2c(sc3ccc#cc23)-c2c3ccccc3cc[n+]2C1(C)CC. The van der Waals surface area contributed by atoms with E-state index in [4.69, 9.17) is 0 Å². The summed E-state index contributed by atoms with van der Waals surface area (Å²) in [5.74, 6) is 0. The third-order valence-electron chi connectivity index (χ3n) is 7.24. The van der Waals surface area contributed by atoms with Crippen molar-refractivity contribution in [3.63, 3.8) is 0 Å². The molecule has 1 aliphatic rings. The molecule has 2 heteroatoms. The van der Waals surface area contributed by atoms with Crippen LogP contribution in [0.25, 0.3) is 31.4 Å². The summed E-state index contributed by atoms with van der Waals surface area (Å²) in [5, 5.41) is 3.93. The average Bonchev–Trinajstić information content (AvgIpc) is 3.11. The molecule has 0 bridgehead atoms. The Hall–Kier alpha value is -2.37. The summed E-state index contributed by atoms with van der Waals surface area (Å²) in [5.41, 5.74) is 2.93. The van der Waals surface area contributed by atoms with Crippen LogP contribution in [-0.4, -0.2) is 0 Å². The molecule has 0 amide bonds. The van der Waals surface area contributed by atoms with Gasteiger partial charge in [-0.05, 0) is 36.9 Å². The van der Waals surface area contributed by atoms with Gasteiger partial charge in [0.2, 0.25) is 5.69 Å². The maximum absolute atomic E-state index is 3.49. The lowest BCUT2D eigenvalue weighted by Crippen LogP contribution is -2.67. The van der Waals surface area contributed by atoms with Crippen LogP contribution in [-0.2, 0) is 11.0 Å². The van der Waals surface area contributed by atoms with Gasteiger partial charge in [0, 0.05) is 35.1 Å². The smallest absolute Gasteiger partial charge is 0.191 e. The van der Waals surface area contributed by atoms with Gasteiger partial charge in [-0.3, -0.25) is 0 Å². The van der Waals surface area contributed by atoms with Crippen molar-refractivity contribution in [3.05, 3.63) is 66.4 Å². The first-order chi connectivity index (χ1) is 13.5. The second kappa shape index (κ2) is 6.06. The molecule has 5 rings (SSSR count). The summed E-state index contributed by atoms with van der Waals surface area (Å²) in [6.07, 6.45) is 5.76. The van der Waals surface area contributed by atoms with Crippen molar-refractivity contribution in [1.29, 1.82) is 0 Å². The van der Waals surface area contributed by atoms with E-state index in [1.165, 1.54) is 43.4 Å². The van der Waals surface area contributed by atoms with E-state index in [1.807, 2.05) is 17.4 Å². The van der Waals surface area contributed by atoms with Crippen LogP contribution in [0.4, 0.5) is 0 Å². The number of hydrogen-bond donors (Lipinski definition) is 0. The number of aromatic nitrogens is 1. The van der Waals surface area contributed by atoms with Gasteiger partial charge in [0.25, 0.3) is 0 Å². The highest BCUT2D eigenvalue weighted by molar-refractivity contribution is 7.22. The van der Waals surface area contributed by atoms with Crippen LogP contribution in [0.1, 0.15) is 52.5 Å². The van der Waals surface area contributed by atoms with Crippen molar-refractivity contribution >= 4 is 32.2 Å². The second-order valence-corrected chi connectivity index (χ2v) is 9.53. The molecular formula is C26H26NS+. The van der Waals surface area contributed by atoms with E-state index in [9.17, 15) is 0 Å². The third kappa shape index (κ3) is 2.06. The highest BCUT2D eigenvalue weighted by Gasteiger charge is 2.58. The van der Waals surface area contributed by atoms with Gasteiger partial charge in [-0.15, -0.1) is 11.3 Å². The quantitative estimate of drug-likeness (QED) is 0.342. The molecular weight excluding hydrogens is 358 g/mol. The number of fused-ring (bicyclic) bond motifs is 7. The van der Waals surface area contributed by atoms with E-state index in [-0.39, 0.29) is 11.0 Å². The van der Waals surface area contributed by atoms with E-state index in [0.717, 1.165) is 12.8 Å². The number of pyridine rings is 1. The Morgan fingerprint density at radius 2 is 1.89 bits per heavy atom. The molecule has 1 aliphatic heterocycles. The fourth-order valence-electron chi connectivity index (χ4n) is 5.46. The van der Waals surface area contributed by atoms with E-state index in [0.29, 0.717) is 0 Å². The maximum Gasteiger partial charge on any atom is 0.231 e. The Morgan fingerprint density at radius 3 is 2.68 bits per heavy atom. The third-order valence-corrected chi connectivity index (χ3v) is 8.40. The molecule has 4 aromatic rings. The fraction of sp³-hybridized carbons (Fsp3) is 0.346. The van der Waals surface area contributed by atoms with Gasteiger partial charge >= 0.3 is 0 Å².